The average Bonchev–Trinajstić information content (AvgIpc) is 2.74. The maximum Gasteiger partial charge on any atom is 0.401 e. The number of alkyl halides is 4. The molecular weight excluding hydrogens is 440 g/mol. The van der Waals surface area contributed by atoms with E-state index >= 15 is 0 Å². The van der Waals surface area contributed by atoms with E-state index in [4.69, 9.17) is 4.74 Å². The van der Waals surface area contributed by atoms with E-state index in [9.17, 15) is 27.5 Å². The maximum absolute atomic E-state index is 13.3. The Kier molecular flexibility index (Phi) is 6.90. The average molecular weight is 466 g/mol. The van der Waals surface area contributed by atoms with Crippen LogP contribution in [0.1, 0.15) is 33.1 Å². The van der Waals surface area contributed by atoms with E-state index in [1.165, 1.54) is 11.0 Å². The highest BCUT2D eigenvalue weighted by Gasteiger charge is 2.37. The van der Waals surface area contributed by atoms with E-state index in [1.807, 2.05) is 0 Å². The van der Waals surface area contributed by atoms with Gasteiger partial charge in [-0.15, -0.1) is 0 Å². The van der Waals surface area contributed by atoms with Crippen LogP contribution in [0, 0.1) is 5.92 Å². The van der Waals surface area contributed by atoms with Crippen LogP contribution in [-0.4, -0.2) is 73.1 Å². The van der Waals surface area contributed by atoms with Gasteiger partial charge in [0.25, 0.3) is 0 Å². The lowest BCUT2D eigenvalue weighted by molar-refractivity contribution is -0.150. The van der Waals surface area contributed by atoms with Crippen molar-refractivity contribution in [1.82, 2.24) is 9.80 Å². The number of aromatic carboxylic acids is 1. The summed E-state index contributed by atoms with van der Waals surface area (Å²) in [4.78, 5) is 14.8. The van der Waals surface area contributed by atoms with Crippen molar-refractivity contribution in [3.05, 3.63) is 64.7 Å². The minimum absolute atomic E-state index is 0.119. The molecule has 178 valence electrons. The molecule has 1 N–H and O–H groups in total. The summed E-state index contributed by atoms with van der Waals surface area (Å²) in [6, 6.07) is 11.0. The van der Waals surface area contributed by atoms with Gasteiger partial charge in [0.05, 0.1) is 24.8 Å². The lowest BCUT2D eigenvalue weighted by Gasteiger charge is -2.38. The first-order valence-electron chi connectivity index (χ1n) is 10.9. The van der Waals surface area contributed by atoms with Crippen LogP contribution < -0.4 is 4.74 Å². The number of hydrogen-bond donors (Lipinski definition) is 1. The van der Waals surface area contributed by atoms with E-state index in [1.54, 1.807) is 36.4 Å². The van der Waals surface area contributed by atoms with Crippen LogP contribution in [0.15, 0.2) is 42.5 Å². The molecule has 2 heterocycles. The molecule has 0 saturated carbocycles. The van der Waals surface area contributed by atoms with E-state index in [-0.39, 0.29) is 24.7 Å². The van der Waals surface area contributed by atoms with Crippen molar-refractivity contribution in [2.45, 2.75) is 18.6 Å². The van der Waals surface area contributed by atoms with Crippen LogP contribution in [0.3, 0.4) is 0 Å². The molecule has 0 bridgehead atoms. The molecule has 9 heteroatoms. The number of ether oxygens (including phenoxy) is 1. The fourth-order valence-electron chi connectivity index (χ4n) is 4.60. The highest BCUT2D eigenvalue weighted by Crippen LogP contribution is 2.38. The number of carbonyl (C=O) groups is 1. The molecule has 0 spiro atoms. The monoisotopic (exact) mass is 466 g/mol. The van der Waals surface area contributed by atoms with E-state index in [0.717, 1.165) is 18.7 Å². The Morgan fingerprint density at radius 2 is 1.85 bits per heavy atom. The second-order valence-electron chi connectivity index (χ2n) is 8.65. The van der Waals surface area contributed by atoms with Crippen LogP contribution in [0.5, 0.6) is 5.75 Å². The first-order valence-corrected chi connectivity index (χ1v) is 10.9. The Bertz CT molecular complexity index is 975. The third-order valence-electron chi connectivity index (χ3n) is 6.22. The molecule has 1 saturated heterocycles. The Balaban J connectivity index is 1.49. The summed E-state index contributed by atoms with van der Waals surface area (Å²) >= 11 is 0. The van der Waals surface area contributed by atoms with Gasteiger partial charge < -0.3 is 9.84 Å². The largest absolute Gasteiger partial charge is 0.492 e. The third-order valence-corrected chi connectivity index (χ3v) is 6.22. The van der Waals surface area contributed by atoms with Gasteiger partial charge >= 0.3 is 12.1 Å². The van der Waals surface area contributed by atoms with Gasteiger partial charge in [0.2, 0.25) is 0 Å². The first-order chi connectivity index (χ1) is 15.7. The number of carboxylic acids is 1. The van der Waals surface area contributed by atoms with Crippen molar-refractivity contribution in [1.29, 1.82) is 0 Å². The molecule has 0 amide bonds. The lowest BCUT2D eigenvalue weighted by Crippen LogP contribution is -2.49. The van der Waals surface area contributed by atoms with Gasteiger partial charge in [-0.2, -0.15) is 13.2 Å². The van der Waals surface area contributed by atoms with Crippen LogP contribution in [0.2, 0.25) is 0 Å². The van der Waals surface area contributed by atoms with Crippen LogP contribution in [-0.2, 0) is 6.42 Å². The predicted octanol–water partition coefficient (Wildman–Crippen LogP) is 4.17. The minimum atomic E-state index is -4.35. The molecule has 1 unspecified atom stereocenters. The highest BCUT2D eigenvalue weighted by molar-refractivity contribution is 5.88. The van der Waals surface area contributed by atoms with Crippen molar-refractivity contribution in [2.75, 3.05) is 46.0 Å². The van der Waals surface area contributed by atoms with Gasteiger partial charge in [0.15, 0.2) is 0 Å². The Labute approximate surface area is 189 Å². The van der Waals surface area contributed by atoms with E-state index in [0.29, 0.717) is 36.4 Å². The number of rotatable bonds is 8. The SMILES string of the molecule is O=C(O)c1ccc2c(c1)CCN(CC(F)(F)F)C2c1ccc(OCCN2CC(CF)C2)cc1. The predicted molar refractivity (Wildman–Crippen MR) is 114 cm³/mol. The number of halogens is 4. The molecule has 33 heavy (non-hydrogen) atoms. The van der Waals surface area contributed by atoms with Gasteiger partial charge in [-0.05, 0) is 47.4 Å². The quantitative estimate of drug-likeness (QED) is 0.592. The van der Waals surface area contributed by atoms with E-state index in [2.05, 4.69) is 4.90 Å². The number of benzene rings is 2. The van der Waals surface area contributed by atoms with Gasteiger partial charge in [0, 0.05) is 32.1 Å². The number of carboxylic acid groups (broad SMARTS) is 1. The molecule has 2 aromatic rings. The second kappa shape index (κ2) is 9.69. The smallest absolute Gasteiger partial charge is 0.401 e. The molecule has 1 fully saturated rings. The normalized spacial score (nSPS) is 19.7. The molecule has 2 aromatic carbocycles. The van der Waals surface area contributed by atoms with E-state index < -0.39 is 24.7 Å². The zero-order chi connectivity index (χ0) is 23.6. The second-order valence-corrected chi connectivity index (χ2v) is 8.65. The lowest BCUT2D eigenvalue weighted by atomic mass is 9.87. The van der Waals surface area contributed by atoms with Crippen molar-refractivity contribution >= 4 is 5.97 Å². The fourth-order valence-corrected chi connectivity index (χ4v) is 4.60. The molecule has 4 rings (SSSR count). The summed E-state index contributed by atoms with van der Waals surface area (Å²) in [5.74, 6) is -0.332. The maximum atomic E-state index is 13.3. The number of nitrogens with zero attached hydrogens (tertiary/aromatic N) is 2. The first kappa shape index (κ1) is 23.5. The van der Waals surface area contributed by atoms with Gasteiger partial charge in [-0.1, -0.05) is 18.2 Å². The molecule has 0 aliphatic carbocycles. The molecule has 2 aliphatic heterocycles. The Morgan fingerprint density at radius 1 is 1.12 bits per heavy atom. The Morgan fingerprint density at radius 3 is 2.48 bits per heavy atom. The molecule has 2 aliphatic rings. The van der Waals surface area contributed by atoms with Crippen LogP contribution in [0.4, 0.5) is 17.6 Å². The van der Waals surface area contributed by atoms with Crippen molar-refractivity contribution in [3.63, 3.8) is 0 Å². The molecular formula is C24H26F4N2O3. The Hall–Kier alpha value is -2.65. The van der Waals surface area contributed by atoms with Crippen LogP contribution in [0.25, 0.3) is 0 Å². The fraction of sp³-hybridized carbons (Fsp3) is 0.458. The third kappa shape index (κ3) is 5.65. The summed E-state index contributed by atoms with van der Waals surface area (Å²) in [5.41, 5.74) is 2.24. The number of fused-ring (bicyclic) bond motifs is 1. The minimum Gasteiger partial charge on any atom is -0.492 e. The van der Waals surface area contributed by atoms with Gasteiger partial charge in [-0.25, -0.2) is 4.79 Å². The van der Waals surface area contributed by atoms with Crippen molar-refractivity contribution in [3.8, 4) is 5.75 Å². The zero-order valence-corrected chi connectivity index (χ0v) is 18.0. The summed E-state index contributed by atoms with van der Waals surface area (Å²) in [6.45, 7) is 1.44. The summed E-state index contributed by atoms with van der Waals surface area (Å²) < 4.78 is 58.0. The van der Waals surface area contributed by atoms with Crippen molar-refractivity contribution < 1.29 is 32.2 Å². The molecule has 0 radical (unpaired) electrons. The zero-order valence-electron chi connectivity index (χ0n) is 18.0. The summed E-state index contributed by atoms with van der Waals surface area (Å²) in [5, 5.41) is 9.26. The summed E-state index contributed by atoms with van der Waals surface area (Å²) in [6.07, 6.45) is -4.00. The molecule has 0 aromatic heterocycles. The topological polar surface area (TPSA) is 53.0 Å². The van der Waals surface area contributed by atoms with Crippen LogP contribution >= 0.6 is 0 Å². The molecule has 1 atom stereocenters. The standard InChI is InChI=1S/C24H26F4N2O3/c25-12-16-13-29(14-16)9-10-33-20-4-1-17(2-5-20)22-21-6-3-19(23(31)32)11-18(21)7-8-30(22)15-24(26,27)28/h1-6,11,16,22H,7-10,12-15H2,(H,31,32). The molecule has 5 nitrogen and oxygen atoms in total. The van der Waals surface area contributed by atoms with Crippen molar-refractivity contribution in [2.24, 2.45) is 5.92 Å². The van der Waals surface area contributed by atoms with Gasteiger partial charge in [-0.3, -0.25) is 14.2 Å². The highest BCUT2D eigenvalue weighted by atomic mass is 19.4. The summed E-state index contributed by atoms with van der Waals surface area (Å²) in [7, 11) is 0. The number of hydrogen-bond acceptors (Lipinski definition) is 4. The van der Waals surface area contributed by atoms with Gasteiger partial charge in [0.1, 0.15) is 12.4 Å². The number of likely N-dealkylation sites (tertiary alicyclic amines) is 1.